The second kappa shape index (κ2) is 13.0. The largest absolute Gasteiger partial charge is 0.309 e. The summed E-state index contributed by atoms with van der Waals surface area (Å²) in [7, 11) is 0. The maximum Gasteiger partial charge on any atom is 0.0546 e. The van der Waals surface area contributed by atoms with Gasteiger partial charge in [-0.25, -0.2) is 0 Å². The first-order valence-electron chi connectivity index (χ1n) is 18.3. The highest BCUT2D eigenvalue weighted by molar-refractivity contribution is 6.07. The van der Waals surface area contributed by atoms with Gasteiger partial charge >= 0.3 is 0 Å². The van der Waals surface area contributed by atoms with Crippen molar-refractivity contribution in [1.82, 2.24) is 0 Å². The summed E-state index contributed by atoms with van der Waals surface area (Å²) in [5.74, 6) is 0. The molecule has 1 nitrogen and oxygen atoms in total. The third-order valence-electron chi connectivity index (χ3n) is 10.7. The van der Waals surface area contributed by atoms with Crippen LogP contribution in [0.1, 0.15) is 0 Å². The Morgan fingerprint density at radius 3 is 1.25 bits per heavy atom. The minimum absolute atomic E-state index is 1.10. The minimum Gasteiger partial charge on any atom is -0.309 e. The highest BCUT2D eigenvalue weighted by atomic mass is 15.1. The molecule has 0 heterocycles. The van der Waals surface area contributed by atoms with Crippen LogP contribution in [0.15, 0.2) is 212 Å². The summed E-state index contributed by atoms with van der Waals surface area (Å²) >= 11 is 0. The molecule has 0 spiro atoms. The molecule has 0 aliphatic rings. The number of hydrogen-bond donors (Lipinski definition) is 0. The fraction of sp³-hybridized carbons (Fsp3) is 0. The van der Waals surface area contributed by atoms with Crippen LogP contribution in [0.5, 0.6) is 0 Å². The van der Waals surface area contributed by atoms with Gasteiger partial charge in [0.05, 0.1) is 11.4 Å². The zero-order valence-electron chi connectivity index (χ0n) is 29.2. The molecular weight excluding hydrogens is 639 g/mol. The number of benzene rings is 10. The van der Waals surface area contributed by atoms with E-state index in [-0.39, 0.29) is 0 Å². The van der Waals surface area contributed by atoms with Gasteiger partial charge in [0.15, 0.2) is 0 Å². The van der Waals surface area contributed by atoms with Gasteiger partial charge in [-0.2, -0.15) is 0 Å². The minimum atomic E-state index is 1.10. The highest BCUT2D eigenvalue weighted by Gasteiger charge is 2.22. The fourth-order valence-corrected chi connectivity index (χ4v) is 8.13. The maximum absolute atomic E-state index is 2.47. The molecule has 10 aromatic rings. The molecule has 10 rings (SSSR count). The number of nitrogens with zero attached hydrogens (tertiary/aromatic N) is 1. The first kappa shape index (κ1) is 30.8. The van der Waals surface area contributed by atoms with Gasteiger partial charge in [0, 0.05) is 16.6 Å². The Hall–Kier alpha value is -6.96. The summed E-state index contributed by atoms with van der Waals surface area (Å²) in [5, 5.41) is 9.86. The smallest absolute Gasteiger partial charge is 0.0546 e. The molecule has 0 aromatic heterocycles. The van der Waals surface area contributed by atoms with E-state index in [0.29, 0.717) is 0 Å². The van der Waals surface area contributed by atoms with Crippen LogP contribution in [-0.4, -0.2) is 0 Å². The third-order valence-corrected chi connectivity index (χ3v) is 10.7. The molecule has 0 aliphatic heterocycles. The first-order valence-corrected chi connectivity index (χ1v) is 18.3. The SMILES string of the molecule is c1ccc2c(-c3ccc(N(c4cc(-c5cccc6ccccc56)ccc4-c4cccc5ccccc45)c4cccc5ccccc45)cc3)cccc2c1. The zero-order chi connectivity index (χ0) is 35.1. The van der Waals surface area contributed by atoms with Crippen LogP contribution in [0, 0.1) is 0 Å². The molecule has 0 unspecified atom stereocenters. The van der Waals surface area contributed by atoms with Gasteiger partial charge < -0.3 is 4.90 Å². The summed E-state index contributed by atoms with van der Waals surface area (Å²) in [6.45, 7) is 0. The molecule has 0 saturated heterocycles. The Kier molecular flexibility index (Phi) is 7.55. The molecular formula is C52H35N. The number of rotatable bonds is 6. The van der Waals surface area contributed by atoms with E-state index in [9.17, 15) is 0 Å². The normalized spacial score (nSPS) is 11.4. The lowest BCUT2D eigenvalue weighted by molar-refractivity contribution is 1.30. The molecule has 0 N–H and O–H groups in total. The Labute approximate surface area is 309 Å². The van der Waals surface area contributed by atoms with Crippen LogP contribution in [0.25, 0.3) is 76.5 Å². The van der Waals surface area contributed by atoms with Gasteiger partial charge in [-0.3, -0.25) is 0 Å². The molecule has 10 aromatic carbocycles. The van der Waals surface area contributed by atoms with Crippen LogP contribution in [0.2, 0.25) is 0 Å². The summed E-state index contributed by atoms with van der Waals surface area (Å²) in [5.41, 5.74) is 10.6. The van der Waals surface area contributed by atoms with Crippen molar-refractivity contribution in [2.45, 2.75) is 0 Å². The summed E-state index contributed by atoms with van der Waals surface area (Å²) in [4.78, 5) is 2.47. The number of fused-ring (bicyclic) bond motifs is 4. The maximum atomic E-state index is 2.47. The van der Waals surface area contributed by atoms with Crippen molar-refractivity contribution in [3.05, 3.63) is 212 Å². The number of anilines is 3. The van der Waals surface area contributed by atoms with E-state index in [1.807, 2.05) is 0 Å². The molecule has 53 heavy (non-hydrogen) atoms. The van der Waals surface area contributed by atoms with Gasteiger partial charge in [0.25, 0.3) is 0 Å². The fourth-order valence-electron chi connectivity index (χ4n) is 8.13. The van der Waals surface area contributed by atoms with Crippen LogP contribution >= 0.6 is 0 Å². The summed E-state index contributed by atoms with van der Waals surface area (Å²) in [6, 6.07) is 77.4. The zero-order valence-corrected chi connectivity index (χ0v) is 29.2. The second-order valence-corrected chi connectivity index (χ2v) is 13.7. The van der Waals surface area contributed by atoms with Gasteiger partial charge in [-0.15, -0.1) is 0 Å². The predicted molar refractivity (Wildman–Crippen MR) is 227 cm³/mol. The van der Waals surface area contributed by atoms with Gasteiger partial charge in [-0.1, -0.05) is 188 Å². The molecule has 0 fully saturated rings. The van der Waals surface area contributed by atoms with E-state index in [2.05, 4.69) is 217 Å². The Bertz CT molecular complexity index is 2930. The molecule has 0 atom stereocenters. The topological polar surface area (TPSA) is 3.24 Å². The first-order chi connectivity index (χ1) is 26.3. The van der Waals surface area contributed by atoms with Crippen molar-refractivity contribution >= 4 is 60.2 Å². The van der Waals surface area contributed by atoms with E-state index in [0.717, 1.165) is 17.1 Å². The van der Waals surface area contributed by atoms with Gasteiger partial charge in [-0.05, 0) is 89.8 Å². The van der Waals surface area contributed by atoms with E-state index < -0.39 is 0 Å². The van der Waals surface area contributed by atoms with E-state index in [1.54, 1.807) is 0 Å². The standard InChI is InChI=1S/C52H35N/c1-5-21-43-36(13-1)17-9-25-45(43)40-29-32-42(33-30-40)53(51-28-12-20-39-16-4-8-24-48(39)51)52-35-41(47-26-10-18-37-14-2-6-22-44(37)47)31-34-50(52)49-27-11-19-38-15-3-7-23-46(38)49/h1-35H. The molecule has 0 amide bonds. The summed E-state index contributed by atoms with van der Waals surface area (Å²) in [6.07, 6.45) is 0. The monoisotopic (exact) mass is 673 g/mol. The average Bonchev–Trinajstić information content (AvgIpc) is 3.23. The molecule has 1 heteroatoms. The molecule has 0 radical (unpaired) electrons. The van der Waals surface area contributed by atoms with Crippen LogP contribution in [0.3, 0.4) is 0 Å². The number of hydrogen-bond acceptors (Lipinski definition) is 1. The Balaban J connectivity index is 1.25. The lowest BCUT2D eigenvalue weighted by atomic mass is 9.91. The lowest BCUT2D eigenvalue weighted by Crippen LogP contribution is -2.12. The Morgan fingerprint density at radius 2 is 0.660 bits per heavy atom. The van der Waals surface area contributed by atoms with E-state index in [1.165, 1.54) is 76.5 Å². The van der Waals surface area contributed by atoms with Crippen molar-refractivity contribution < 1.29 is 0 Å². The van der Waals surface area contributed by atoms with E-state index in [4.69, 9.17) is 0 Å². The van der Waals surface area contributed by atoms with E-state index >= 15 is 0 Å². The average molecular weight is 674 g/mol. The Morgan fingerprint density at radius 1 is 0.245 bits per heavy atom. The highest BCUT2D eigenvalue weighted by Crippen LogP contribution is 2.47. The molecule has 0 saturated carbocycles. The van der Waals surface area contributed by atoms with Crippen molar-refractivity contribution in [1.29, 1.82) is 0 Å². The lowest BCUT2D eigenvalue weighted by Gasteiger charge is -2.30. The van der Waals surface area contributed by atoms with Gasteiger partial charge in [0.2, 0.25) is 0 Å². The quantitative estimate of drug-likeness (QED) is 0.170. The molecule has 0 bridgehead atoms. The summed E-state index contributed by atoms with van der Waals surface area (Å²) < 4.78 is 0. The molecule has 0 aliphatic carbocycles. The third kappa shape index (κ3) is 5.42. The van der Waals surface area contributed by atoms with Crippen LogP contribution in [-0.2, 0) is 0 Å². The molecule has 248 valence electrons. The van der Waals surface area contributed by atoms with Crippen LogP contribution < -0.4 is 4.90 Å². The van der Waals surface area contributed by atoms with Gasteiger partial charge in [0.1, 0.15) is 0 Å². The second-order valence-electron chi connectivity index (χ2n) is 13.7. The van der Waals surface area contributed by atoms with Crippen molar-refractivity contribution in [2.24, 2.45) is 0 Å². The van der Waals surface area contributed by atoms with Crippen LogP contribution in [0.4, 0.5) is 17.1 Å². The predicted octanol–water partition coefficient (Wildman–Crippen LogP) is 14.8. The van der Waals surface area contributed by atoms with Crippen molar-refractivity contribution in [3.63, 3.8) is 0 Å². The van der Waals surface area contributed by atoms with Crippen molar-refractivity contribution in [2.75, 3.05) is 4.90 Å². The van der Waals surface area contributed by atoms with Crippen molar-refractivity contribution in [3.8, 4) is 33.4 Å².